The summed E-state index contributed by atoms with van der Waals surface area (Å²) < 4.78 is 5.09. The predicted octanol–water partition coefficient (Wildman–Crippen LogP) is 1.46. The van der Waals surface area contributed by atoms with E-state index in [1.165, 1.54) is 12.8 Å². The molecule has 16 heavy (non-hydrogen) atoms. The molecular formula is C12H18N2O2. The Kier molecular flexibility index (Phi) is 3.62. The Hall–Kier alpha value is -1.29. The van der Waals surface area contributed by atoms with Crippen LogP contribution in [-0.2, 0) is 0 Å². The van der Waals surface area contributed by atoms with Gasteiger partial charge in [-0.3, -0.25) is 4.79 Å². The quantitative estimate of drug-likeness (QED) is 0.811. The zero-order valence-corrected chi connectivity index (χ0v) is 9.58. The first kappa shape index (κ1) is 11.2. The van der Waals surface area contributed by atoms with Crippen LogP contribution in [-0.4, -0.2) is 25.0 Å². The van der Waals surface area contributed by atoms with Crippen molar-refractivity contribution in [3.8, 4) is 0 Å². The summed E-state index contributed by atoms with van der Waals surface area (Å²) in [5, 5.41) is 6.32. The summed E-state index contributed by atoms with van der Waals surface area (Å²) in [6, 6.07) is 2.28. The first-order valence-electron chi connectivity index (χ1n) is 5.83. The van der Waals surface area contributed by atoms with Crippen LogP contribution in [0.15, 0.2) is 16.7 Å². The molecule has 1 unspecified atom stereocenters. The molecule has 1 amide bonds. The van der Waals surface area contributed by atoms with Crippen molar-refractivity contribution in [3.63, 3.8) is 0 Å². The molecule has 88 valence electrons. The van der Waals surface area contributed by atoms with Crippen LogP contribution in [0.4, 0.5) is 0 Å². The maximum atomic E-state index is 11.7. The third-order valence-electron chi connectivity index (χ3n) is 3.04. The van der Waals surface area contributed by atoms with Crippen molar-refractivity contribution in [2.45, 2.75) is 32.2 Å². The van der Waals surface area contributed by atoms with Crippen LogP contribution >= 0.6 is 0 Å². The van der Waals surface area contributed by atoms with E-state index in [2.05, 4.69) is 10.6 Å². The van der Waals surface area contributed by atoms with E-state index < -0.39 is 0 Å². The Bertz CT molecular complexity index is 354. The zero-order valence-electron chi connectivity index (χ0n) is 9.58. The van der Waals surface area contributed by atoms with E-state index in [-0.39, 0.29) is 5.91 Å². The molecule has 0 aliphatic carbocycles. The van der Waals surface area contributed by atoms with E-state index in [1.54, 1.807) is 19.3 Å². The fourth-order valence-corrected chi connectivity index (χ4v) is 2.08. The minimum Gasteiger partial charge on any atom is -0.469 e. The van der Waals surface area contributed by atoms with E-state index in [9.17, 15) is 4.79 Å². The first-order chi connectivity index (χ1) is 7.77. The van der Waals surface area contributed by atoms with E-state index in [4.69, 9.17) is 4.42 Å². The van der Waals surface area contributed by atoms with E-state index in [0.29, 0.717) is 17.4 Å². The van der Waals surface area contributed by atoms with Crippen LogP contribution in [0, 0.1) is 6.92 Å². The van der Waals surface area contributed by atoms with Gasteiger partial charge in [-0.1, -0.05) is 0 Å². The molecule has 1 aliphatic rings. The lowest BCUT2D eigenvalue weighted by molar-refractivity contribution is 0.0951. The van der Waals surface area contributed by atoms with Crippen LogP contribution in [0.2, 0.25) is 0 Å². The Morgan fingerprint density at radius 3 is 3.19 bits per heavy atom. The largest absolute Gasteiger partial charge is 0.469 e. The number of rotatable bonds is 4. The molecule has 0 radical (unpaired) electrons. The normalized spacial score (nSPS) is 19.9. The van der Waals surface area contributed by atoms with Crippen molar-refractivity contribution >= 4 is 5.91 Å². The lowest BCUT2D eigenvalue weighted by atomic mass is 10.1. The van der Waals surface area contributed by atoms with Gasteiger partial charge in [-0.15, -0.1) is 0 Å². The summed E-state index contributed by atoms with van der Waals surface area (Å²) in [7, 11) is 0. The number of hydrogen-bond donors (Lipinski definition) is 2. The topological polar surface area (TPSA) is 54.3 Å². The Balaban J connectivity index is 1.73. The minimum atomic E-state index is -0.0377. The lowest BCUT2D eigenvalue weighted by Crippen LogP contribution is -2.30. The number of nitrogens with one attached hydrogen (secondary N) is 2. The fraction of sp³-hybridized carbons (Fsp3) is 0.583. The van der Waals surface area contributed by atoms with Gasteiger partial charge in [0.1, 0.15) is 5.76 Å². The zero-order chi connectivity index (χ0) is 11.4. The summed E-state index contributed by atoms with van der Waals surface area (Å²) in [6.07, 6.45) is 5.02. The molecule has 4 nitrogen and oxygen atoms in total. The van der Waals surface area contributed by atoms with E-state index in [0.717, 1.165) is 19.5 Å². The van der Waals surface area contributed by atoms with Crippen LogP contribution < -0.4 is 10.6 Å². The van der Waals surface area contributed by atoms with Crippen molar-refractivity contribution in [3.05, 3.63) is 23.7 Å². The third-order valence-corrected chi connectivity index (χ3v) is 3.04. The van der Waals surface area contributed by atoms with Crippen LogP contribution in [0.25, 0.3) is 0 Å². The van der Waals surface area contributed by atoms with Crippen LogP contribution in [0.3, 0.4) is 0 Å². The SMILES string of the molecule is Cc1occc1C(=O)NCCC1CCCN1. The van der Waals surface area contributed by atoms with Crippen molar-refractivity contribution in [2.75, 3.05) is 13.1 Å². The average molecular weight is 222 g/mol. The summed E-state index contributed by atoms with van der Waals surface area (Å²) in [4.78, 5) is 11.7. The van der Waals surface area contributed by atoms with Gasteiger partial charge in [-0.25, -0.2) is 0 Å². The molecule has 0 aromatic carbocycles. The summed E-state index contributed by atoms with van der Waals surface area (Å²) in [5.41, 5.74) is 0.638. The molecular weight excluding hydrogens is 204 g/mol. The fourth-order valence-electron chi connectivity index (χ4n) is 2.08. The van der Waals surface area contributed by atoms with Crippen molar-refractivity contribution in [1.82, 2.24) is 10.6 Å². The molecule has 2 N–H and O–H groups in total. The second-order valence-electron chi connectivity index (χ2n) is 4.23. The van der Waals surface area contributed by atoms with Crippen LogP contribution in [0.5, 0.6) is 0 Å². The molecule has 0 saturated carbocycles. The highest BCUT2D eigenvalue weighted by molar-refractivity contribution is 5.94. The molecule has 0 spiro atoms. The average Bonchev–Trinajstić information content (AvgIpc) is 2.88. The van der Waals surface area contributed by atoms with Gasteiger partial charge in [-0.2, -0.15) is 0 Å². The highest BCUT2D eigenvalue weighted by Gasteiger charge is 2.15. The van der Waals surface area contributed by atoms with Gasteiger partial charge in [0.25, 0.3) is 5.91 Å². The van der Waals surface area contributed by atoms with Crippen molar-refractivity contribution in [1.29, 1.82) is 0 Å². The third kappa shape index (κ3) is 2.64. The highest BCUT2D eigenvalue weighted by Crippen LogP contribution is 2.09. The van der Waals surface area contributed by atoms with Crippen molar-refractivity contribution in [2.24, 2.45) is 0 Å². The summed E-state index contributed by atoms with van der Waals surface area (Å²) in [5.74, 6) is 0.640. The van der Waals surface area contributed by atoms with Crippen LogP contribution in [0.1, 0.15) is 35.4 Å². The van der Waals surface area contributed by atoms with Gasteiger partial charge >= 0.3 is 0 Å². The van der Waals surface area contributed by atoms with Gasteiger partial charge in [-0.05, 0) is 38.8 Å². The van der Waals surface area contributed by atoms with Gasteiger partial charge < -0.3 is 15.1 Å². The maximum Gasteiger partial charge on any atom is 0.254 e. The number of hydrogen-bond acceptors (Lipinski definition) is 3. The summed E-state index contributed by atoms with van der Waals surface area (Å²) >= 11 is 0. The number of furan rings is 1. The maximum absolute atomic E-state index is 11.7. The van der Waals surface area contributed by atoms with Gasteiger partial charge in [0.2, 0.25) is 0 Å². The molecule has 1 atom stereocenters. The van der Waals surface area contributed by atoms with Gasteiger partial charge in [0.15, 0.2) is 0 Å². The predicted molar refractivity (Wildman–Crippen MR) is 61.4 cm³/mol. The second-order valence-corrected chi connectivity index (χ2v) is 4.23. The molecule has 1 fully saturated rings. The van der Waals surface area contributed by atoms with Gasteiger partial charge in [0.05, 0.1) is 11.8 Å². The minimum absolute atomic E-state index is 0.0377. The van der Waals surface area contributed by atoms with Crippen molar-refractivity contribution < 1.29 is 9.21 Å². The molecule has 2 heterocycles. The van der Waals surface area contributed by atoms with E-state index in [1.807, 2.05) is 0 Å². The molecule has 1 aliphatic heterocycles. The highest BCUT2D eigenvalue weighted by atomic mass is 16.3. The molecule has 2 rings (SSSR count). The lowest BCUT2D eigenvalue weighted by Gasteiger charge is -2.10. The smallest absolute Gasteiger partial charge is 0.254 e. The van der Waals surface area contributed by atoms with Gasteiger partial charge in [0, 0.05) is 12.6 Å². The molecule has 0 bridgehead atoms. The monoisotopic (exact) mass is 222 g/mol. The number of carbonyl (C=O) groups excluding carboxylic acids is 1. The molecule has 1 saturated heterocycles. The summed E-state index contributed by atoms with van der Waals surface area (Å²) in [6.45, 7) is 3.63. The van der Waals surface area contributed by atoms with E-state index >= 15 is 0 Å². The first-order valence-corrected chi connectivity index (χ1v) is 5.83. The second kappa shape index (κ2) is 5.16. The number of amides is 1. The molecule has 1 aromatic rings. The molecule has 1 aromatic heterocycles. The standard InChI is InChI=1S/C12H18N2O2/c1-9-11(5-8-16-9)12(15)14-7-4-10-3-2-6-13-10/h5,8,10,13H,2-4,6-7H2,1H3,(H,14,15). The Labute approximate surface area is 95.4 Å². The Morgan fingerprint density at radius 1 is 1.69 bits per heavy atom. The number of carbonyl (C=O) groups is 1. The number of aryl methyl sites for hydroxylation is 1. The molecule has 4 heteroatoms. The Morgan fingerprint density at radius 2 is 2.56 bits per heavy atom.